The zero-order valence-electron chi connectivity index (χ0n) is 13.1. The summed E-state index contributed by atoms with van der Waals surface area (Å²) in [6.07, 6.45) is 5.71. The van der Waals surface area contributed by atoms with Crippen molar-refractivity contribution >= 4 is 12.0 Å². The van der Waals surface area contributed by atoms with Crippen molar-refractivity contribution in [3.63, 3.8) is 0 Å². The maximum Gasteiger partial charge on any atom is 0.246 e. The van der Waals surface area contributed by atoms with Crippen LogP contribution in [0.25, 0.3) is 6.08 Å². The number of benzene rings is 1. The second-order valence-corrected chi connectivity index (χ2v) is 5.23. The Morgan fingerprint density at radius 2 is 2.13 bits per heavy atom. The van der Waals surface area contributed by atoms with E-state index in [2.05, 4.69) is 5.16 Å². The number of aromatic nitrogens is 1. The van der Waals surface area contributed by atoms with E-state index >= 15 is 0 Å². The quantitative estimate of drug-likeness (QED) is 0.810. The number of hydrogen-bond acceptors (Lipinski definition) is 5. The van der Waals surface area contributed by atoms with E-state index in [9.17, 15) is 4.79 Å². The van der Waals surface area contributed by atoms with Gasteiger partial charge in [-0.2, -0.15) is 0 Å². The summed E-state index contributed by atoms with van der Waals surface area (Å²) in [6.45, 7) is 1.17. The van der Waals surface area contributed by atoms with Gasteiger partial charge in [-0.15, -0.1) is 0 Å². The molecule has 3 rings (SSSR count). The average molecular weight is 314 g/mol. The predicted molar refractivity (Wildman–Crippen MR) is 84.2 cm³/mol. The fraction of sp³-hybridized carbons (Fsp3) is 0.294. The molecule has 1 aliphatic heterocycles. The minimum atomic E-state index is -0.0355. The molecular formula is C17H18N2O4. The molecule has 0 fully saturated rings. The van der Waals surface area contributed by atoms with Crippen molar-refractivity contribution in [1.29, 1.82) is 0 Å². The van der Waals surface area contributed by atoms with Gasteiger partial charge in [0.25, 0.3) is 0 Å². The molecule has 0 aliphatic carbocycles. The zero-order valence-corrected chi connectivity index (χ0v) is 13.1. The van der Waals surface area contributed by atoms with E-state index in [0.29, 0.717) is 31.0 Å². The van der Waals surface area contributed by atoms with E-state index in [1.807, 2.05) is 18.2 Å². The Morgan fingerprint density at radius 1 is 1.30 bits per heavy atom. The number of carbonyl (C=O) groups is 1. The maximum absolute atomic E-state index is 12.3. The second kappa shape index (κ2) is 6.56. The van der Waals surface area contributed by atoms with Gasteiger partial charge in [-0.3, -0.25) is 4.79 Å². The fourth-order valence-electron chi connectivity index (χ4n) is 2.56. The Hall–Kier alpha value is -2.76. The molecule has 1 aromatic carbocycles. The van der Waals surface area contributed by atoms with Crippen molar-refractivity contribution < 1.29 is 18.8 Å². The first-order valence-corrected chi connectivity index (χ1v) is 7.32. The first-order chi connectivity index (χ1) is 11.2. The summed E-state index contributed by atoms with van der Waals surface area (Å²) in [5, 5.41) is 3.77. The van der Waals surface area contributed by atoms with Crippen molar-refractivity contribution in [1.82, 2.24) is 10.1 Å². The molecule has 0 spiro atoms. The number of ether oxygens (including phenoxy) is 2. The summed E-state index contributed by atoms with van der Waals surface area (Å²) in [6, 6.07) is 5.52. The van der Waals surface area contributed by atoms with Gasteiger partial charge in [0.1, 0.15) is 5.76 Å². The molecule has 0 bridgehead atoms. The number of nitrogens with zero attached hydrogens (tertiary/aromatic N) is 2. The van der Waals surface area contributed by atoms with Gasteiger partial charge in [-0.05, 0) is 23.8 Å². The van der Waals surface area contributed by atoms with E-state index in [-0.39, 0.29) is 5.91 Å². The van der Waals surface area contributed by atoms with E-state index < -0.39 is 0 Å². The van der Waals surface area contributed by atoms with E-state index in [1.165, 1.54) is 0 Å². The molecule has 0 saturated carbocycles. The monoisotopic (exact) mass is 314 g/mol. The lowest BCUT2D eigenvalue weighted by Gasteiger charge is -2.24. The van der Waals surface area contributed by atoms with Crippen LogP contribution >= 0.6 is 0 Å². The molecule has 0 saturated heterocycles. The van der Waals surface area contributed by atoms with Gasteiger partial charge in [0.15, 0.2) is 11.5 Å². The second-order valence-electron chi connectivity index (χ2n) is 5.23. The Balaban J connectivity index is 1.69. The van der Waals surface area contributed by atoms with E-state index in [4.69, 9.17) is 14.0 Å². The fourth-order valence-corrected chi connectivity index (χ4v) is 2.56. The standard InChI is InChI=1S/C17H18N2O4/c1-21-15-5-3-12(9-16(15)22-2)4-6-17(20)19-8-7-14-13(11-19)10-18-23-14/h3-6,9-10H,7-8,11H2,1-2H3. The first kappa shape index (κ1) is 15.1. The molecule has 0 radical (unpaired) electrons. The van der Waals surface area contributed by atoms with Gasteiger partial charge in [0.2, 0.25) is 5.91 Å². The van der Waals surface area contributed by atoms with Crippen molar-refractivity contribution in [3.05, 3.63) is 47.4 Å². The van der Waals surface area contributed by atoms with Gasteiger partial charge in [0.05, 0.1) is 27.0 Å². The number of methoxy groups -OCH3 is 2. The van der Waals surface area contributed by atoms with Gasteiger partial charge in [-0.25, -0.2) is 0 Å². The van der Waals surface area contributed by atoms with Crippen molar-refractivity contribution in [3.8, 4) is 11.5 Å². The molecule has 1 aromatic heterocycles. The van der Waals surface area contributed by atoms with Crippen LogP contribution in [-0.4, -0.2) is 36.7 Å². The highest BCUT2D eigenvalue weighted by molar-refractivity contribution is 5.92. The van der Waals surface area contributed by atoms with Crippen LogP contribution in [0.3, 0.4) is 0 Å². The van der Waals surface area contributed by atoms with Crippen LogP contribution < -0.4 is 9.47 Å². The van der Waals surface area contributed by atoms with Crippen LogP contribution in [0.5, 0.6) is 11.5 Å². The third kappa shape index (κ3) is 3.21. The largest absolute Gasteiger partial charge is 0.493 e. The molecule has 120 valence electrons. The van der Waals surface area contributed by atoms with Gasteiger partial charge in [0, 0.05) is 24.6 Å². The minimum Gasteiger partial charge on any atom is -0.493 e. The third-order valence-electron chi connectivity index (χ3n) is 3.84. The third-order valence-corrected chi connectivity index (χ3v) is 3.84. The highest BCUT2D eigenvalue weighted by atomic mass is 16.5. The summed E-state index contributed by atoms with van der Waals surface area (Å²) in [5.41, 5.74) is 1.85. The number of amides is 1. The Morgan fingerprint density at radius 3 is 2.91 bits per heavy atom. The Labute approximate surface area is 134 Å². The number of hydrogen-bond donors (Lipinski definition) is 0. The predicted octanol–water partition coefficient (Wildman–Crippen LogP) is 2.29. The lowest BCUT2D eigenvalue weighted by Crippen LogP contribution is -2.34. The number of carbonyl (C=O) groups excluding carboxylic acids is 1. The molecule has 0 unspecified atom stereocenters. The Kier molecular flexibility index (Phi) is 4.32. The molecule has 2 heterocycles. The summed E-state index contributed by atoms with van der Waals surface area (Å²) in [4.78, 5) is 14.1. The van der Waals surface area contributed by atoms with Crippen LogP contribution in [0.4, 0.5) is 0 Å². The number of rotatable bonds is 4. The van der Waals surface area contributed by atoms with Crippen LogP contribution in [0.2, 0.25) is 0 Å². The van der Waals surface area contributed by atoms with Crippen LogP contribution in [-0.2, 0) is 17.8 Å². The molecule has 2 aromatic rings. The van der Waals surface area contributed by atoms with Crippen LogP contribution in [0.1, 0.15) is 16.9 Å². The summed E-state index contributed by atoms with van der Waals surface area (Å²) in [5.74, 6) is 2.13. The van der Waals surface area contributed by atoms with Gasteiger partial charge in [-0.1, -0.05) is 11.2 Å². The smallest absolute Gasteiger partial charge is 0.246 e. The SMILES string of the molecule is COc1ccc(C=CC(=O)N2CCc3oncc3C2)cc1OC. The lowest BCUT2D eigenvalue weighted by atomic mass is 10.1. The van der Waals surface area contributed by atoms with Crippen molar-refractivity contribution in [2.75, 3.05) is 20.8 Å². The van der Waals surface area contributed by atoms with E-state index in [0.717, 1.165) is 16.9 Å². The zero-order chi connectivity index (χ0) is 16.2. The van der Waals surface area contributed by atoms with Crippen molar-refractivity contribution in [2.24, 2.45) is 0 Å². The average Bonchev–Trinajstić information content (AvgIpc) is 3.06. The molecule has 6 heteroatoms. The molecule has 1 amide bonds. The van der Waals surface area contributed by atoms with Crippen molar-refractivity contribution in [2.45, 2.75) is 13.0 Å². The van der Waals surface area contributed by atoms with Gasteiger partial charge < -0.3 is 18.9 Å². The van der Waals surface area contributed by atoms with E-state index in [1.54, 1.807) is 37.5 Å². The molecule has 1 aliphatic rings. The molecule has 0 atom stereocenters. The highest BCUT2D eigenvalue weighted by Gasteiger charge is 2.21. The van der Waals surface area contributed by atoms with Crippen LogP contribution in [0, 0.1) is 0 Å². The summed E-state index contributed by atoms with van der Waals surface area (Å²) in [7, 11) is 3.17. The lowest BCUT2D eigenvalue weighted by molar-refractivity contribution is -0.126. The number of fused-ring (bicyclic) bond motifs is 1. The molecule has 23 heavy (non-hydrogen) atoms. The maximum atomic E-state index is 12.3. The molecule has 6 nitrogen and oxygen atoms in total. The summed E-state index contributed by atoms with van der Waals surface area (Å²) >= 11 is 0. The summed E-state index contributed by atoms with van der Waals surface area (Å²) < 4.78 is 15.6. The molecule has 0 N–H and O–H groups in total. The topological polar surface area (TPSA) is 64.8 Å². The highest BCUT2D eigenvalue weighted by Crippen LogP contribution is 2.28. The normalized spacial score (nSPS) is 13.9. The minimum absolute atomic E-state index is 0.0355. The van der Waals surface area contributed by atoms with Gasteiger partial charge >= 0.3 is 0 Å². The Bertz CT molecular complexity index is 736. The molecular weight excluding hydrogens is 296 g/mol. The van der Waals surface area contributed by atoms with Crippen LogP contribution in [0.15, 0.2) is 35.0 Å². The first-order valence-electron chi connectivity index (χ1n) is 7.32.